The van der Waals surface area contributed by atoms with E-state index >= 15 is 0 Å². The van der Waals surface area contributed by atoms with Gasteiger partial charge in [-0.1, -0.05) is 24.3 Å². The highest BCUT2D eigenvalue weighted by atomic mass is 32.1. The maximum Gasteiger partial charge on any atom is 0.273 e. The smallest absolute Gasteiger partial charge is 0.273 e. The van der Waals surface area contributed by atoms with Crippen molar-refractivity contribution in [3.63, 3.8) is 0 Å². The van der Waals surface area contributed by atoms with Crippen LogP contribution < -0.4 is 0 Å². The number of benzene rings is 1. The zero-order valence-electron chi connectivity index (χ0n) is 9.30. The molecule has 1 aromatic heterocycles. The van der Waals surface area contributed by atoms with E-state index in [1.54, 1.807) is 5.51 Å². The summed E-state index contributed by atoms with van der Waals surface area (Å²) in [6.07, 6.45) is 0.937. The Morgan fingerprint density at radius 3 is 2.88 bits per heavy atom. The molecular weight excluding hydrogens is 232 g/mol. The number of carbonyl (C=O) groups is 1. The number of amides is 1. The number of nitrogens with zero attached hydrogens (tertiary/aromatic N) is 2. The van der Waals surface area contributed by atoms with Crippen LogP contribution in [0.15, 0.2) is 35.2 Å². The summed E-state index contributed by atoms with van der Waals surface area (Å²) in [7, 11) is 0. The Morgan fingerprint density at radius 2 is 2.12 bits per heavy atom. The molecule has 2 heterocycles. The van der Waals surface area contributed by atoms with E-state index in [4.69, 9.17) is 0 Å². The van der Waals surface area contributed by atoms with Crippen LogP contribution in [0.2, 0.25) is 0 Å². The molecule has 0 radical (unpaired) electrons. The summed E-state index contributed by atoms with van der Waals surface area (Å²) in [5, 5.41) is 1.81. The molecule has 2 aromatic rings. The summed E-state index contributed by atoms with van der Waals surface area (Å²) < 4.78 is 0. The molecule has 0 unspecified atom stereocenters. The van der Waals surface area contributed by atoms with E-state index in [0.717, 1.165) is 13.0 Å². The Balaban J connectivity index is 1.83. The molecule has 0 N–H and O–H groups in total. The third-order valence-corrected chi connectivity index (χ3v) is 3.66. The van der Waals surface area contributed by atoms with Gasteiger partial charge in [0.25, 0.3) is 5.91 Å². The number of hydrogen-bond acceptors (Lipinski definition) is 3. The van der Waals surface area contributed by atoms with Gasteiger partial charge < -0.3 is 4.90 Å². The fourth-order valence-corrected chi connectivity index (χ4v) is 2.68. The third kappa shape index (κ3) is 1.96. The highest BCUT2D eigenvalue weighted by Crippen LogP contribution is 2.20. The van der Waals surface area contributed by atoms with E-state index in [2.05, 4.69) is 23.2 Å². The predicted octanol–water partition coefficient (Wildman–Crippen LogP) is 2.34. The second-order valence-electron chi connectivity index (χ2n) is 4.12. The van der Waals surface area contributed by atoms with Crippen molar-refractivity contribution in [2.75, 3.05) is 6.54 Å². The lowest BCUT2D eigenvalue weighted by Crippen LogP contribution is -2.36. The Morgan fingerprint density at radius 1 is 1.29 bits per heavy atom. The first-order valence-corrected chi connectivity index (χ1v) is 6.53. The summed E-state index contributed by atoms with van der Waals surface area (Å²) in [4.78, 5) is 18.1. The standard InChI is InChI=1S/C13H12N2OS/c16-13(12-8-17-9-14-12)15-6-5-10-3-1-2-4-11(10)7-15/h1-4,8-9H,5-7H2. The lowest BCUT2D eigenvalue weighted by molar-refractivity contribution is 0.0729. The van der Waals surface area contributed by atoms with Crippen LogP contribution in [0.4, 0.5) is 0 Å². The van der Waals surface area contributed by atoms with Crippen LogP contribution in [0.25, 0.3) is 0 Å². The molecule has 1 aliphatic rings. The molecule has 17 heavy (non-hydrogen) atoms. The van der Waals surface area contributed by atoms with Gasteiger partial charge in [-0.3, -0.25) is 4.79 Å². The van der Waals surface area contributed by atoms with E-state index < -0.39 is 0 Å². The molecule has 3 nitrogen and oxygen atoms in total. The molecule has 4 heteroatoms. The van der Waals surface area contributed by atoms with Gasteiger partial charge in [0.05, 0.1) is 5.51 Å². The molecule has 0 aliphatic carbocycles. The van der Waals surface area contributed by atoms with Crippen molar-refractivity contribution >= 4 is 17.2 Å². The monoisotopic (exact) mass is 244 g/mol. The average Bonchev–Trinajstić information content (AvgIpc) is 2.91. The Bertz CT molecular complexity index is 536. The van der Waals surface area contributed by atoms with Gasteiger partial charge in [-0.15, -0.1) is 11.3 Å². The number of rotatable bonds is 1. The lowest BCUT2D eigenvalue weighted by atomic mass is 10.00. The van der Waals surface area contributed by atoms with Crippen molar-refractivity contribution in [3.8, 4) is 0 Å². The van der Waals surface area contributed by atoms with E-state index in [1.165, 1.54) is 22.5 Å². The molecule has 0 saturated heterocycles. The van der Waals surface area contributed by atoms with Gasteiger partial charge in [0.15, 0.2) is 0 Å². The molecule has 1 amide bonds. The molecule has 86 valence electrons. The molecule has 0 spiro atoms. The normalized spacial score (nSPS) is 14.5. The highest BCUT2D eigenvalue weighted by Gasteiger charge is 2.22. The fourth-order valence-electron chi connectivity index (χ4n) is 2.15. The van der Waals surface area contributed by atoms with Crippen LogP contribution in [-0.2, 0) is 13.0 Å². The number of aromatic nitrogens is 1. The van der Waals surface area contributed by atoms with Crippen molar-refractivity contribution in [1.29, 1.82) is 0 Å². The fraction of sp³-hybridized carbons (Fsp3) is 0.231. The van der Waals surface area contributed by atoms with Crippen LogP contribution in [0.3, 0.4) is 0 Å². The maximum absolute atomic E-state index is 12.1. The second kappa shape index (κ2) is 4.30. The maximum atomic E-state index is 12.1. The van der Waals surface area contributed by atoms with E-state index in [-0.39, 0.29) is 5.91 Å². The van der Waals surface area contributed by atoms with Gasteiger partial charge in [0, 0.05) is 18.5 Å². The number of hydrogen-bond donors (Lipinski definition) is 0. The SMILES string of the molecule is O=C(c1cscn1)N1CCc2ccccc2C1. The zero-order valence-corrected chi connectivity index (χ0v) is 10.1. The molecular formula is C13H12N2OS. The van der Waals surface area contributed by atoms with Gasteiger partial charge >= 0.3 is 0 Å². The quantitative estimate of drug-likeness (QED) is 0.771. The molecule has 0 saturated carbocycles. The Hall–Kier alpha value is -1.68. The first-order chi connectivity index (χ1) is 8.34. The molecule has 1 aliphatic heterocycles. The molecule has 0 bridgehead atoms. The summed E-state index contributed by atoms with van der Waals surface area (Å²) in [5.74, 6) is 0.0424. The first-order valence-electron chi connectivity index (χ1n) is 5.59. The lowest BCUT2D eigenvalue weighted by Gasteiger charge is -2.28. The second-order valence-corrected chi connectivity index (χ2v) is 4.84. The van der Waals surface area contributed by atoms with Crippen LogP contribution in [0.1, 0.15) is 21.6 Å². The summed E-state index contributed by atoms with van der Waals surface area (Å²) in [6.45, 7) is 1.49. The molecule has 0 atom stereocenters. The number of carbonyl (C=O) groups excluding carboxylic acids is 1. The molecule has 0 fully saturated rings. The van der Waals surface area contributed by atoms with E-state index in [9.17, 15) is 4.79 Å². The van der Waals surface area contributed by atoms with Crippen LogP contribution in [-0.4, -0.2) is 22.3 Å². The van der Waals surface area contributed by atoms with Gasteiger partial charge in [-0.25, -0.2) is 4.98 Å². The number of thiazole rings is 1. The van der Waals surface area contributed by atoms with Crippen molar-refractivity contribution in [1.82, 2.24) is 9.88 Å². The van der Waals surface area contributed by atoms with Crippen molar-refractivity contribution < 1.29 is 4.79 Å². The Labute approximate surface area is 104 Å². The Kier molecular flexibility index (Phi) is 2.65. The minimum Gasteiger partial charge on any atom is -0.333 e. The largest absolute Gasteiger partial charge is 0.333 e. The topological polar surface area (TPSA) is 33.2 Å². The molecule has 1 aromatic carbocycles. The minimum atomic E-state index is 0.0424. The van der Waals surface area contributed by atoms with Crippen molar-refractivity contribution in [2.24, 2.45) is 0 Å². The third-order valence-electron chi connectivity index (χ3n) is 3.07. The van der Waals surface area contributed by atoms with Gasteiger partial charge in [-0.05, 0) is 17.5 Å². The number of fused-ring (bicyclic) bond motifs is 1. The van der Waals surface area contributed by atoms with Gasteiger partial charge in [0.2, 0.25) is 0 Å². The van der Waals surface area contributed by atoms with Crippen molar-refractivity contribution in [2.45, 2.75) is 13.0 Å². The summed E-state index contributed by atoms with van der Waals surface area (Å²) >= 11 is 1.46. The summed E-state index contributed by atoms with van der Waals surface area (Å²) in [5.41, 5.74) is 4.87. The zero-order chi connectivity index (χ0) is 11.7. The highest BCUT2D eigenvalue weighted by molar-refractivity contribution is 7.07. The predicted molar refractivity (Wildman–Crippen MR) is 67.0 cm³/mol. The summed E-state index contributed by atoms with van der Waals surface area (Å²) in [6, 6.07) is 8.31. The van der Waals surface area contributed by atoms with Crippen LogP contribution in [0.5, 0.6) is 0 Å². The minimum absolute atomic E-state index is 0.0424. The van der Waals surface area contributed by atoms with E-state index in [0.29, 0.717) is 12.2 Å². The average molecular weight is 244 g/mol. The first kappa shape index (κ1) is 10.5. The van der Waals surface area contributed by atoms with Crippen LogP contribution >= 0.6 is 11.3 Å². The van der Waals surface area contributed by atoms with Crippen LogP contribution in [0, 0.1) is 0 Å². The van der Waals surface area contributed by atoms with E-state index in [1.807, 2.05) is 16.3 Å². The molecule has 3 rings (SSSR count). The van der Waals surface area contributed by atoms with Crippen molar-refractivity contribution in [3.05, 3.63) is 52.0 Å². The van der Waals surface area contributed by atoms with Gasteiger partial charge in [-0.2, -0.15) is 0 Å². The van der Waals surface area contributed by atoms with Gasteiger partial charge in [0.1, 0.15) is 5.69 Å².